The first kappa shape index (κ1) is 15.2. The Hall–Kier alpha value is -1.84. The van der Waals surface area contributed by atoms with Gasteiger partial charge in [0.25, 0.3) is 5.91 Å². The molecule has 1 amide bonds. The fourth-order valence-corrected chi connectivity index (χ4v) is 1.84. The van der Waals surface area contributed by atoms with Gasteiger partial charge in [-0.25, -0.2) is 0 Å². The van der Waals surface area contributed by atoms with Crippen LogP contribution in [0, 0.1) is 6.92 Å². The smallest absolute Gasteiger partial charge is 0.260 e. The Bertz CT molecular complexity index is 464. The van der Waals surface area contributed by atoms with Crippen LogP contribution in [0.3, 0.4) is 0 Å². The number of carbonyl (C=O) groups is 2. The first-order chi connectivity index (χ1) is 8.99. The Balaban J connectivity index is 2.68. The van der Waals surface area contributed by atoms with E-state index in [2.05, 4.69) is 0 Å². The van der Waals surface area contributed by atoms with E-state index in [-0.39, 0.29) is 18.3 Å². The molecule has 0 aromatic heterocycles. The van der Waals surface area contributed by atoms with Gasteiger partial charge in [0.1, 0.15) is 5.75 Å². The molecule has 0 aliphatic rings. The van der Waals surface area contributed by atoms with Crippen molar-refractivity contribution in [2.45, 2.75) is 27.7 Å². The van der Waals surface area contributed by atoms with Crippen molar-refractivity contribution < 1.29 is 14.3 Å². The van der Waals surface area contributed by atoms with Crippen LogP contribution in [-0.2, 0) is 4.79 Å². The van der Waals surface area contributed by atoms with Gasteiger partial charge >= 0.3 is 0 Å². The van der Waals surface area contributed by atoms with Crippen molar-refractivity contribution in [3.63, 3.8) is 0 Å². The van der Waals surface area contributed by atoms with Gasteiger partial charge in [-0.2, -0.15) is 0 Å². The second-order valence-corrected chi connectivity index (χ2v) is 4.39. The highest BCUT2D eigenvalue weighted by Gasteiger charge is 2.11. The summed E-state index contributed by atoms with van der Waals surface area (Å²) in [5.41, 5.74) is 1.51. The van der Waals surface area contributed by atoms with E-state index in [0.717, 1.165) is 5.56 Å². The zero-order valence-corrected chi connectivity index (χ0v) is 12.0. The largest absolute Gasteiger partial charge is 0.483 e. The van der Waals surface area contributed by atoms with Gasteiger partial charge in [0.15, 0.2) is 12.4 Å². The van der Waals surface area contributed by atoms with Crippen molar-refractivity contribution in [1.82, 2.24) is 4.90 Å². The van der Waals surface area contributed by atoms with Gasteiger partial charge in [0, 0.05) is 18.7 Å². The maximum Gasteiger partial charge on any atom is 0.260 e. The molecule has 0 fully saturated rings. The van der Waals surface area contributed by atoms with E-state index >= 15 is 0 Å². The van der Waals surface area contributed by atoms with Gasteiger partial charge in [0.2, 0.25) is 0 Å². The van der Waals surface area contributed by atoms with Crippen LogP contribution in [0.25, 0.3) is 0 Å². The topological polar surface area (TPSA) is 46.6 Å². The number of nitrogens with zero attached hydrogens (tertiary/aromatic N) is 1. The number of likely N-dealkylation sites (N-methyl/N-ethyl adjacent to an activating group) is 1. The average molecular weight is 263 g/mol. The number of amides is 1. The molecule has 0 heterocycles. The van der Waals surface area contributed by atoms with Crippen molar-refractivity contribution in [1.29, 1.82) is 0 Å². The predicted octanol–water partition coefficient (Wildman–Crippen LogP) is 2.44. The summed E-state index contributed by atoms with van der Waals surface area (Å²) in [5, 5.41) is 0. The van der Waals surface area contributed by atoms with E-state index in [9.17, 15) is 9.59 Å². The van der Waals surface area contributed by atoms with E-state index < -0.39 is 0 Å². The van der Waals surface area contributed by atoms with Crippen LogP contribution >= 0.6 is 0 Å². The van der Waals surface area contributed by atoms with Gasteiger partial charge in [-0.05, 0) is 51.5 Å². The summed E-state index contributed by atoms with van der Waals surface area (Å²) in [4.78, 5) is 24.8. The summed E-state index contributed by atoms with van der Waals surface area (Å²) in [6.45, 7) is 8.66. The molecule has 0 spiro atoms. The zero-order valence-electron chi connectivity index (χ0n) is 12.0. The van der Waals surface area contributed by atoms with Crippen LogP contribution in [0.15, 0.2) is 18.2 Å². The third-order valence-corrected chi connectivity index (χ3v) is 3.05. The SMILES string of the molecule is CCN(CC)C(=O)COc1ccc(C(C)=O)cc1C. The molecule has 104 valence electrons. The molecule has 0 saturated heterocycles. The molecule has 0 aliphatic carbocycles. The quantitative estimate of drug-likeness (QED) is 0.741. The summed E-state index contributed by atoms with van der Waals surface area (Å²) in [7, 11) is 0. The Kier molecular flexibility index (Phi) is 5.55. The lowest BCUT2D eigenvalue weighted by atomic mass is 10.1. The number of rotatable bonds is 6. The lowest BCUT2D eigenvalue weighted by Crippen LogP contribution is -2.34. The summed E-state index contributed by atoms with van der Waals surface area (Å²) in [5.74, 6) is 0.638. The summed E-state index contributed by atoms with van der Waals surface area (Å²) in [6.07, 6.45) is 0. The average Bonchev–Trinajstić information content (AvgIpc) is 2.38. The molecule has 0 bridgehead atoms. The molecule has 0 unspecified atom stereocenters. The predicted molar refractivity (Wildman–Crippen MR) is 74.6 cm³/mol. The number of benzene rings is 1. The zero-order chi connectivity index (χ0) is 14.4. The molecule has 4 nitrogen and oxygen atoms in total. The first-order valence-electron chi connectivity index (χ1n) is 6.51. The Morgan fingerprint density at radius 3 is 2.32 bits per heavy atom. The summed E-state index contributed by atoms with van der Waals surface area (Å²) in [6, 6.07) is 5.23. The maximum absolute atomic E-state index is 11.8. The van der Waals surface area contributed by atoms with Crippen LogP contribution in [0.5, 0.6) is 5.75 Å². The molecule has 0 atom stereocenters. The number of ether oxygens (including phenoxy) is 1. The molecule has 1 rings (SSSR count). The minimum Gasteiger partial charge on any atom is -0.483 e. The number of hydrogen-bond donors (Lipinski definition) is 0. The molecule has 0 N–H and O–H groups in total. The minimum atomic E-state index is -0.0277. The molecule has 1 aromatic carbocycles. The van der Waals surface area contributed by atoms with Crippen molar-refractivity contribution in [2.75, 3.05) is 19.7 Å². The summed E-state index contributed by atoms with van der Waals surface area (Å²) >= 11 is 0. The van der Waals surface area contributed by atoms with Gasteiger partial charge in [-0.1, -0.05) is 0 Å². The van der Waals surface area contributed by atoms with Gasteiger partial charge in [0.05, 0.1) is 0 Å². The van der Waals surface area contributed by atoms with Crippen molar-refractivity contribution in [3.05, 3.63) is 29.3 Å². The molecular formula is C15H21NO3. The number of Topliss-reactive ketones (excluding diaryl/α,β-unsaturated/α-hetero) is 1. The lowest BCUT2D eigenvalue weighted by Gasteiger charge is -2.19. The minimum absolute atomic E-state index is 0.0221. The Morgan fingerprint density at radius 2 is 1.84 bits per heavy atom. The molecule has 0 radical (unpaired) electrons. The molecule has 0 saturated carbocycles. The third kappa shape index (κ3) is 4.09. The second kappa shape index (κ2) is 6.92. The maximum atomic E-state index is 11.8. The van der Waals surface area contributed by atoms with E-state index in [1.165, 1.54) is 6.92 Å². The second-order valence-electron chi connectivity index (χ2n) is 4.39. The van der Waals surface area contributed by atoms with Gasteiger partial charge < -0.3 is 9.64 Å². The normalized spacial score (nSPS) is 10.1. The van der Waals surface area contributed by atoms with Crippen LogP contribution < -0.4 is 4.74 Å². The number of aryl methyl sites for hydroxylation is 1. The van der Waals surface area contributed by atoms with E-state index in [0.29, 0.717) is 24.4 Å². The highest BCUT2D eigenvalue weighted by atomic mass is 16.5. The third-order valence-electron chi connectivity index (χ3n) is 3.05. The fourth-order valence-electron chi connectivity index (χ4n) is 1.84. The van der Waals surface area contributed by atoms with E-state index in [1.54, 1.807) is 23.1 Å². The first-order valence-corrected chi connectivity index (χ1v) is 6.51. The van der Waals surface area contributed by atoms with Crippen molar-refractivity contribution in [3.8, 4) is 5.75 Å². The van der Waals surface area contributed by atoms with Gasteiger partial charge in [-0.3, -0.25) is 9.59 Å². The van der Waals surface area contributed by atoms with E-state index in [1.807, 2.05) is 20.8 Å². The summed E-state index contributed by atoms with van der Waals surface area (Å²) < 4.78 is 5.52. The number of carbonyl (C=O) groups excluding carboxylic acids is 2. The lowest BCUT2D eigenvalue weighted by molar-refractivity contribution is -0.132. The van der Waals surface area contributed by atoms with Gasteiger partial charge in [-0.15, -0.1) is 0 Å². The standard InChI is InChI=1S/C15H21NO3/c1-5-16(6-2)15(18)10-19-14-8-7-13(12(4)17)9-11(14)3/h7-9H,5-6,10H2,1-4H3. The number of ketones is 1. The molecular weight excluding hydrogens is 242 g/mol. The van der Waals surface area contributed by atoms with Crippen molar-refractivity contribution in [2.24, 2.45) is 0 Å². The Morgan fingerprint density at radius 1 is 1.21 bits per heavy atom. The van der Waals surface area contributed by atoms with Crippen LogP contribution in [0.4, 0.5) is 0 Å². The van der Waals surface area contributed by atoms with E-state index in [4.69, 9.17) is 4.74 Å². The molecule has 0 aliphatic heterocycles. The molecule has 4 heteroatoms. The highest BCUT2D eigenvalue weighted by Crippen LogP contribution is 2.19. The van der Waals surface area contributed by atoms with Crippen LogP contribution in [-0.4, -0.2) is 36.3 Å². The monoisotopic (exact) mass is 263 g/mol. The molecule has 1 aromatic rings. The van der Waals surface area contributed by atoms with Crippen LogP contribution in [0.2, 0.25) is 0 Å². The number of hydrogen-bond acceptors (Lipinski definition) is 3. The highest BCUT2D eigenvalue weighted by molar-refractivity contribution is 5.94. The van der Waals surface area contributed by atoms with Crippen LogP contribution in [0.1, 0.15) is 36.7 Å². The Labute approximate surface area is 114 Å². The fraction of sp³-hybridized carbons (Fsp3) is 0.467. The van der Waals surface area contributed by atoms with Crippen molar-refractivity contribution >= 4 is 11.7 Å². The molecule has 19 heavy (non-hydrogen) atoms.